The van der Waals surface area contributed by atoms with Gasteiger partial charge in [0.15, 0.2) is 0 Å². The highest BCUT2D eigenvalue weighted by Gasteiger charge is 2.30. The average molecular weight is 461 g/mol. The van der Waals surface area contributed by atoms with E-state index in [1.807, 2.05) is 11.0 Å². The SMILES string of the molecule is O=C(c1ccc(Cl)c(S(=O)(=O)N2CCCCC2)c1)N1CCC(Cc2ccccc2)CC1. The fourth-order valence-corrected chi connectivity index (χ4v) is 6.57. The van der Waals surface area contributed by atoms with E-state index >= 15 is 0 Å². The minimum absolute atomic E-state index is 0.0425. The van der Waals surface area contributed by atoms with Gasteiger partial charge in [-0.05, 0) is 61.8 Å². The van der Waals surface area contributed by atoms with E-state index in [-0.39, 0.29) is 15.8 Å². The van der Waals surface area contributed by atoms with Gasteiger partial charge in [0.25, 0.3) is 5.91 Å². The number of hydrogen-bond acceptors (Lipinski definition) is 3. The van der Waals surface area contributed by atoms with Crippen LogP contribution >= 0.6 is 11.6 Å². The Bertz CT molecular complexity index is 1010. The average Bonchev–Trinajstić information content (AvgIpc) is 2.80. The Morgan fingerprint density at radius 3 is 2.29 bits per heavy atom. The molecule has 0 N–H and O–H groups in total. The highest BCUT2D eigenvalue weighted by atomic mass is 35.5. The van der Waals surface area contributed by atoms with Crippen LogP contribution in [0.1, 0.15) is 48.0 Å². The largest absolute Gasteiger partial charge is 0.339 e. The first-order valence-corrected chi connectivity index (χ1v) is 12.9. The lowest BCUT2D eigenvalue weighted by atomic mass is 9.90. The second kappa shape index (κ2) is 9.72. The molecule has 0 saturated carbocycles. The Morgan fingerprint density at radius 2 is 1.61 bits per heavy atom. The summed E-state index contributed by atoms with van der Waals surface area (Å²) in [5.74, 6) is 0.441. The number of carbonyl (C=O) groups excluding carboxylic acids is 1. The van der Waals surface area contributed by atoms with Crippen LogP contribution in [-0.2, 0) is 16.4 Å². The van der Waals surface area contributed by atoms with Crippen LogP contribution in [-0.4, -0.2) is 49.7 Å². The molecule has 2 fully saturated rings. The van der Waals surface area contributed by atoms with E-state index in [1.54, 1.807) is 6.07 Å². The zero-order valence-corrected chi connectivity index (χ0v) is 19.2. The minimum atomic E-state index is -3.69. The standard InChI is InChI=1S/C24H29ClN2O3S/c25-22-10-9-21(18-23(22)31(29,30)27-13-5-2-6-14-27)24(28)26-15-11-20(12-16-26)17-19-7-3-1-4-8-19/h1,3-4,7-10,18,20H,2,5-6,11-17H2. The minimum Gasteiger partial charge on any atom is -0.339 e. The van der Waals surface area contributed by atoms with Crippen LogP contribution in [0, 0.1) is 5.92 Å². The molecule has 2 saturated heterocycles. The number of hydrogen-bond donors (Lipinski definition) is 0. The highest BCUT2D eigenvalue weighted by molar-refractivity contribution is 7.89. The van der Waals surface area contributed by atoms with Crippen LogP contribution in [0.2, 0.25) is 5.02 Å². The summed E-state index contributed by atoms with van der Waals surface area (Å²) in [6.45, 7) is 2.39. The van der Waals surface area contributed by atoms with E-state index in [0.29, 0.717) is 37.7 Å². The maximum absolute atomic E-state index is 13.1. The molecule has 7 heteroatoms. The van der Waals surface area contributed by atoms with Crippen LogP contribution < -0.4 is 0 Å². The molecule has 1 amide bonds. The van der Waals surface area contributed by atoms with Gasteiger partial charge in [-0.3, -0.25) is 4.79 Å². The Hall–Kier alpha value is -1.89. The lowest BCUT2D eigenvalue weighted by Crippen LogP contribution is -2.39. The van der Waals surface area contributed by atoms with Crippen molar-refractivity contribution >= 4 is 27.5 Å². The number of carbonyl (C=O) groups is 1. The molecule has 0 aromatic heterocycles. The Morgan fingerprint density at radius 1 is 0.935 bits per heavy atom. The monoisotopic (exact) mass is 460 g/mol. The van der Waals surface area contributed by atoms with Crippen molar-refractivity contribution in [1.82, 2.24) is 9.21 Å². The summed E-state index contributed by atoms with van der Waals surface area (Å²) < 4.78 is 27.7. The molecule has 0 aliphatic carbocycles. The molecule has 31 heavy (non-hydrogen) atoms. The Balaban J connectivity index is 1.44. The molecule has 4 rings (SSSR count). The third-order valence-electron chi connectivity index (χ3n) is 6.38. The van der Waals surface area contributed by atoms with Crippen molar-refractivity contribution in [3.8, 4) is 0 Å². The van der Waals surface area contributed by atoms with Crippen molar-refractivity contribution in [3.63, 3.8) is 0 Å². The van der Waals surface area contributed by atoms with Crippen molar-refractivity contribution in [2.24, 2.45) is 5.92 Å². The molecular weight excluding hydrogens is 432 g/mol. The van der Waals surface area contributed by atoms with Gasteiger partial charge >= 0.3 is 0 Å². The number of benzene rings is 2. The van der Waals surface area contributed by atoms with Gasteiger partial charge in [0.1, 0.15) is 4.90 Å². The number of likely N-dealkylation sites (tertiary alicyclic amines) is 1. The molecule has 2 aromatic rings. The molecule has 2 heterocycles. The van der Waals surface area contributed by atoms with E-state index in [2.05, 4.69) is 24.3 Å². The zero-order chi connectivity index (χ0) is 21.8. The normalized spacial score (nSPS) is 18.8. The van der Waals surface area contributed by atoms with E-state index in [9.17, 15) is 13.2 Å². The van der Waals surface area contributed by atoms with Gasteiger partial charge < -0.3 is 4.90 Å². The number of piperidine rings is 2. The quantitative estimate of drug-likeness (QED) is 0.654. The molecule has 2 aliphatic rings. The highest BCUT2D eigenvalue weighted by Crippen LogP contribution is 2.29. The van der Waals surface area contributed by atoms with Gasteiger partial charge in [-0.2, -0.15) is 4.31 Å². The lowest BCUT2D eigenvalue weighted by molar-refractivity contribution is 0.0690. The third-order valence-corrected chi connectivity index (χ3v) is 8.76. The summed E-state index contributed by atoms with van der Waals surface area (Å²) >= 11 is 6.26. The van der Waals surface area contributed by atoms with Crippen LogP contribution in [0.5, 0.6) is 0 Å². The molecule has 0 atom stereocenters. The summed E-state index contributed by atoms with van der Waals surface area (Å²) in [4.78, 5) is 15.0. The maximum atomic E-state index is 13.1. The van der Waals surface area contributed by atoms with Gasteiger partial charge in [0, 0.05) is 31.7 Å². The van der Waals surface area contributed by atoms with Crippen molar-refractivity contribution in [3.05, 3.63) is 64.7 Å². The van der Waals surface area contributed by atoms with Crippen LogP contribution in [0.3, 0.4) is 0 Å². The van der Waals surface area contributed by atoms with Gasteiger partial charge in [-0.1, -0.05) is 48.4 Å². The molecule has 5 nitrogen and oxygen atoms in total. The van der Waals surface area contributed by atoms with Gasteiger partial charge in [-0.25, -0.2) is 8.42 Å². The number of sulfonamides is 1. The first kappa shape index (κ1) is 22.3. The van der Waals surface area contributed by atoms with E-state index in [0.717, 1.165) is 38.5 Å². The van der Waals surface area contributed by atoms with Gasteiger partial charge in [0.05, 0.1) is 5.02 Å². The number of amides is 1. The van der Waals surface area contributed by atoms with Crippen LogP contribution in [0.4, 0.5) is 0 Å². The topological polar surface area (TPSA) is 57.7 Å². The molecular formula is C24H29ClN2O3S. The van der Waals surface area contributed by atoms with E-state index in [1.165, 1.54) is 22.0 Å². The maximum Gasteiger partial charge on any atom is 0.253 e. The molecule has 2 aliphatic heterocycles. The number of halogens is 1. The predicted octanol–water partition coefficient (Wildman–Crippen LogP) is 4.61. The molecule has 0 unspecified atom stereocenters. The van der Waals surface area contributed by atoms with Crippen molar-refractivity contribution in [1.29, 1.82) is 0 Å². The molecule has 0 bridgehead atoms. The number of nitrogens with zero attached hydrogens (tertiary/aromatic N) is 2. The first-order valence-electron chi connectivity index (χ1n) is 11.1. The van der Waals surface area contributed by atoms with Crippen LogP contribution in [0.15, 0.2) is 53.4 Å². The summed E-state index contributed by atoms with van der Waals surface area (Å²) in [5.41, 5.74) is 1.72. The summed E-state index contributed by atoms with van der Waals surface area (Å²) in [7, 11) is -3.69. The lowest BCUT2D eigenvalue weighted by Gasteiger charge is -2.32. The van der Waals surface area contributed by atoms with E-state index < -0.39 is 10.0 Å². The second-order valence-electron chi connectivity index (χ2n) is 8.54. The smallest absolute Gasteiger partial charge is 0.253 e. The molecule has 166 valence electrons. The fourth-order valence-electron chi connectivity index (χ4n) is 4.55. The van der Waals surface area contributed by atoms with Gasteiger partial charge in [-0.15, -0.1) is 0 Å². The predicted molar refractivity (Wildman–Crippen MR) is 123 cm³/mol. The second-order valence-corrected chi connectivity index (χ2v) is 10.8. The van der Waals surface area contributed by atoms with Crippen molar-refractivity contribution < 1.29 is 13.2 Å². The Labute approximate surface area is 190 Å². The van der Waals surface area contributed by atoms with E-state index in [4.69, 9.17) is 11.6 Å². The fraction of sp³-hybridized carbons (Fsp3) is 0.458. The number of rotatable bonds is 5. The molecule has 2 aromatic carbocycles. The molecule has 0 radical (unpaired) electrons. The Kier molecular flexibility index (Phi) is 6.99. The molecule has 0 spiro atoms. The first-order chi connectivity index (χ1) is 14.9. The van der Waals surface area contributed by atoms with Gasteiger partial charge in [0.2, 0.25) is 10.0 Å². The summed E-state index contributed by atoms with van der Waals surface area (Å²) in [6, 6.07) is 15.1. The van der Waals surface area contributed by atoms with Crippen molar-refractivity contribution in [2.45, 2.75) is 43.4 Å². The summed E-state index contributed by atoms with van der Waals surface area (Å²) in [5, 5.41) is 0.170. The van der Waals surface area contributed by atoms with Crippen molar-refractivity contribution in [2.75, 3.05) is 26.2 Å². The summed E-state index contributed by atoms with van der Waals surface area (Å²) in [6.07, 6.45) is 5.68. The third kappa shape index (κ3) is 5.13. The zero-order valence-electron chi connectivity index (χ0n) is 17.7. The van der Waals surface area contributed by atoms with Crippen LogP contribution in [0.25, 0.3) is 0 Å².